The molecule has 0 aliphatic carbocycles. The van der Waals surface area contributed by atoms with Crippen LogP contribution in [0.5, 0.6) is 0 Å². The van der Waals surface area contributed by atoms with Gasteiger partial charge < -0.3 is 4.90 Å². The molecule has 100 valence electrons. The van der Waals surface area contributed by atoms with Crippen LogP contribution in [0.25, 0.3) is 0 Å². The van der Waals surface area contributed by atoms with Gasteiger partial charge >= 0.3 is 0 Å². The summed E-state index contributed by atoms with van der Waals surface area (Å²) in [7, 11) is 4.29. The maximum Gasteiger partial charge on any atom is 0.00392 e. The summed E-state index contributed by atoms with van der Waals surface area (Å²) in [5.41, 5.74) is 0. The van der Waals surface area contributed by atoms with Crippen molar-refractivity contribution in [3.05, 3.63) is 0 Å². The first-order valence-corrected chi connectivity index (χ1v) is 8.70. The van der Waals surface area contributed by atoms with Gasteiger partial charge in [-0.15, -0.1) is 0 Å². The lowest BCUT2D eigenvalue weighted by atomic mass is 10.1. The van der Waals surface area contributed by atoms with E-state index in [1.54, 1.807) is 0 Å². The van der Waals surface area contributed by atoms with Crippen LogP contribution >= 0.6 is 31.9 Å². The Balaban J connectivity index is 0. The molecule has 0 saturated heterocycles. The number of rotatable bonds is 9. The number of halogens is 2. The molecule has 0 N–H and O–H groups in total. The van der Waals surface area contributed by atoms with Crippen molar-refractivity contribution in [2.24, 2.45) is 0 Å². The van der Waals surface area contributed by atoms with Gasteiger partial charge in [-0.2, -0.15) is 0 Å². The minimum absolute atomic E-state index is 1.11. The minimum Gasteiger partial charge on any atom is -0.309 e. The smallest absolute Gasteiger partial charge is 0.00392 e. The second kappa shape index (κ2) is 18.3. The predicted octanol–water partition coefficient (Wildman–Crippen LogP) is 5.07. The summed E-state index contributed by atoms with van der Waals surface area (Å²) in [5, 5.41) is 2.22. The summed E-state index contributed by atoms with van der Waals surface area (Å²) in [4.78, 5) is 2.26. The molecule has 3 heteroatoms. The molecule has 0 spiro atoms. The van der Waals surface area contributed by atoms with Gasteiger partial charge in [0.25, 0.3) is 0 Å². The number of unbranched alkanes of at least 4 members (excludes halogenated alkanes) is 5. The molecule has 0 aliphatic rings. The molecule has 0 rings (SSSR count). The van der Waals surface area contributed by atoms with Crippen LogP contribution in [0, 0.1) is 0 Å². The van der Waals surface area contributed by atoms with Crippen LogP contribution < -0.4 is 0 Å². The van der Waals surface area contributed by atoms with Crippen molar-refractivity contribution in [2.75, 3.05) is 31.3 Å². The molecule has 0 bridgehead atoms. The average Bonchev–Trinajstić information content (AvgIpc) is 2.25. The Morgan fingerprint density at radius 1 is 0.750 bits per heavy atom. The fourth-order valence-corrected chi connectivity index (χ4v) is 2.57. The minimum atomic E-state index is 1.11. The Bertz CT molecular complexity index is 106. The zero-order valence-electron chi connectivity index (χ0n) is 11.3. The van der Waals surface area contributed by atoms with E-state index >= 15 is 0 Å². The number of alkyl halides is 2. The molecule has 0 heterocycles. The Kier molecular flexibility index (Phi) is 22.0. The molecule has 0 saturated carbocycles. The summed E-state index contributed by atoms with van der Waals surface area (Å²) in [6.07, 6.45) is 9.65. The van der Waals surface area contributed by atoms with Gasteiger partial charge in [0.2, 0.25) is 0 Å². The van der Waals surface area contributed by atoms with Crippen molar-refractivity contribution >= 4 is 31.9 Å². The maximum atomic E-state index is 3.28. The molecular formula is C13H29Br2N. The zero-order valence-corrected chi connectivity index (χ0v) is 14.4. The summed E-state index contributed by atoms with van der Waals surface area (Å²) >= 11 is 6.56. The fraction of sp³-hybridized carbons (Fsp3) is 1.00. The Morgan fingerprint density at radius 3 is 1.62 bits per heavy atom. The monoisotopic (exact) mass is 357 g/mol. The Labute approximate surface area is 120 Å². The van der Waals surface area contributed by atoms with Crippen molar-refractivity contribution in [3.8, 4) is 0 Å². The van der Waals surface area contributed by atoms with E-state index in [1.807, 2.05) is 0 Å². The van der Waals surface area contributed by atoms with E-state index in [4.69, 9.17) is 0 Å². The summed E-state index contributed by atoms with van der Waals surface area (Å²) in [6.45, 7) is 3.52. The normalized spacial score (nSPS) is 10.1. The topological polar surface area (TPSA) is 3.24 Å². The first-order chi connectivity index (χ1) is 7.68. The second-order valence-corrected chi connectivity index (χ2v) is 5.89. The van der Waals surface area contributed by atoms with Crippen LogP contribution in [0.1, 0.15) is 51.9 Å². The number of hydrogen-bond acceptors (Lipinski definition) is 1. The van der Waals surface area contributed by atoms with Gasteiger partial charge in [0, 0.05) is 10.7 Å². The van der Waals surface area contributed by atoms with Crippen LogP contribution in [0.3, 0.4) is 0 Å². The van der Waals surface area contributed by atoms with Crippen LogP contribution in [-0.4, -0.2) is 36.2 Å². The highest BCUT2D eigenvalue weighted by atomic mass is 79.9. The summed E-state index contributed by atoms with van der Waals surface area (Å²) in [5.74, 6) is 0. The highest BCUT2D eigenvalue weighted by Crippen LogP contribution is 2.04. The van der Waals surface area contributed by atoms with Crippen LogP contribution in [0.4, 0.5) is 0 Å². The van der Waals surface area contributed by atoms with Gasteiger partial charge in [-0.1, -0.05) is 70.9 Å². The van der Waals surface area contributed by atoms with Gasteiger partial charge in [0.1, 0.15) is 0 Å². The highest BCUT2D eigenvalue weighted by Gasteiger charge is 1.90. The standard InChI is InChI=1S/C10H23N.C3H6Br2/c1-4-5-6-7-8-9-10-11(2)3;4-2-1-3-5/h4-10H2,1-3H3;1-3H2. The largest absolute Gasteiger partial charge is 0.309 e. The second-order valence-electron chi connectivity index (χ2n) is 4.30. The summed E-state index contributed by atoms with van der Waals surface area (Å²) in [6, 6.07) is 0. The van der Waals surface area contributed by atoms with Crippen LogP contribution in [0.2, 0.25) is 0 Å². The number of nitrogens with zero attached hydrogens (tertiary/aromatic N) is 1. The highest BCUT2D eigenvalue weighted by molar-refractivity contribution is 9.09. The van der Waals surface area contributed by atoms with Gasteiger partial charge in [0.15, 0.2) is 0 Å². The molecule has 0 aromatic carbocycles. The summed E-state index contributed by atoms with van der Waals surface area (Å²) < 4.78 is 0. The van der Waals surface area contributed by atoms with E-state index in [-0.39, 0.29) is 0 Å². The van der Waals surface area contributed by atoms with E-state index in [0.29, 0.717) is 0 Å². The first-order valence-electron chi connectivity index (χ1n) is 6.45. The van der Waals surface area contributed by atoms with E-state index in [9.17, 15) is 0 Å². The van der Waals surface area contributed by atoms with Crippen molar-refractivity contribution in [1.29, 1.82) is 0 Å². The van der Waals surface area contributed by atoms with Gasteiger partial charge in [0.05, 0.1) is 0 Å². The van der Waals surface area contributed by atoms with Gasteiger partial charge in [-0.05, 0) is 33.5 Å². The van der Waals surface area contributed by atoms with Crippen molar-refractivity contribution in [1.82, 2.24) is 4.90 Å². The first kappa shape index (κ1) is 19.3. The zero-order chi connectivity index (χ0) is 12.6. The SMILES string of the molecule is BrCCCBr.CCCCCCCCN(C)C. The van der Waals surface area contributed by atoms with E-state index in [0.717, 1.165) is 10.7 Å². The lowest BCUT2D eigenvalue weighted by Gasteiger charge is -2.08. The molecular weight excluding hydrogens is 330 g/mol. The van der Waals surface area contributed by atoms with E-state index < -0.39 is 0 Å². The van der Waals surface area contributed by atoms with Crippen molar-refractivity contribution < 1.29 is 0 Å². The predicted molar refractivity (Wildman–Crippen MR) is 84.1 cm³/mol. The molecule has 0 amide bonds. The molecule has 0 unspecified atom stereocenters. The Hall–Kier alpha value is 0.920. The fourth-order valence-electron chi connectivity index (χ4n) is 1.26. The van der Waals surface area contributed by atoms with E-state index in [1.165, 1.54) is 51.5 Å². The molecule has 0 radical (unpaired) electrons. The van der Waals surface area contributed by atoms with Crippen LogP contribution in [0.15, 0.2) is 0 Å². The average molecular weight is 359 g/mol. The number of hydrogen-bond donors (Lipinski definition) is 0. The molecule has 0 aliphatic heterocycles. The Morgan fingerprint density at radius 2 is 1.25 bits per heavy atom. The molecule has 16 heavy (non-hydrogen) atoms. The lowest BCUT2D eigenvalue weighted by Crippen LogP contribution is -2.12. The molecule has 0 aromatic rings. The van der Waals surface area contributed by atoms with Crippen molar-refractivity contribution in [2.45, 2.75) is 51.9 Å². The molecule has 0 atom stereocenters. The van der Waals surface area contributed by atoms with Gasteiger partial charge in [-0.3, -0.25) is 0 Å². The lowest BCUT2D eigenvalue weighted by molar-refractivity contribution is 0.389. The van der Waals surface area contributed by atoms with E-state index in [2.05, 4.69) is 57.8 Å². The third-order valence-corrected chi connectivity index (χ3v) is 3.35. The maximum absolute atomic E-state index is 3.28. The van der Waals surface area contributed by atoms with Crippen LogP contribution in [-0.2, 0) is 0 Å². The third-order valence-electron chi connectivity index (χ3n) is 2.23. The van der Waals surface area contributed by atoms with Gasteiger partial charge in [-0.25, -0.2) is 0 Å². The van der Waals surface area contributed by atoms with Crippen molar-refractivity contribution in [3.63, 3.8) is 0 Å². The molecule has 1 nitrogen and oxygen atoms in total. The third kappa shape index (κ3) is 24.2. The quantitative estimate of drug-likeness (QED) is 0.410. The molecule has 0 fully saturated rings. The molecule has 0 aromatic heterocycles.